The molecule has 0 fully saturated rings. The fourth-order valence-corrected chi connectivity index (χ4v) is 1.88. The van der Waals surface area contributed by atoms with Crippen LogP contribution in [0.2, 0.25) is 0 Å². The monoisotopic (exact) mass is 189 g/mol. The maximum absolute atomic E-state index is 3.35. The van der Waals surface area contributed by atoms with Crippen LogP contribution >= 0.6 is 0 Å². The predicted octanol–water partition coefficient (Wildman–Crippen LogP) is 2.49. The first-order valence-electron chi connectivity index (χ1n) is 5.28. The molecule has 1 aromatic rings. The molecule has 2 heteroatoms. The molecule has 1 aliphatic rings. The molecule has 1 aliphatic heterocycles. The summed E-state index contributed by atoms with van der Waals surface area (Å²) in [5.41, 5.74) is 2.65. The Balaban J connectivity index is 2.14. The predicted molar refractivity (Wildman–Crippen MR) is 59.9 cm³/mol. The van der Waals surface area contributed by atoms with Crippen LogP contribution in [0, 0.1) is 6.54 Å². The molecule has 0 bridgehead atoms. The summed E-state index contributed by atoms with van der Waals surface area (Å²) in [5.74, 6) is 0. The SMILES string of the molecule is CCCN1C[CH]Nc2ccccc2C1. The van der Waals surface area contributed by atoms with Gasteiger partial charge in [-0.2, -0.15) is 0 Å². The summed E-state index contributed by atoms with van der Waals surface area (Å²) < 4.78 is 0. The van der Waals surface area contributed by atoms with Gasteiger partial charge in [-0.1, -0.05) is 25.1 Å². The van der Waals surface area contributed by atoms with E-state index in [0.29, 0.717) is 0 Å². The second kappa shape index (κ2) is 4.47. The van der Waals surface area contributed by atoms with E-state index in [1.54, 1.807) is 0 Å². The van der Waals surface area contributed by atoms with Crippen molar-refractivity contribution < 1.29 is 0 Å². The van der Waals surface area contributed by atoms with E-state index >= 15 is 0 Å². The number of hydrogen-bond acceptors (Lipinski definition) is 2. The minimum absolute atomic E-state index is 1.03. The molecule has 75 valence electrons. The van der Waals surface area contributed by atoms with Crippen molar-refractivity contribution in [3.63, 3.8) is 0 Å². The molecule has 1 aromatic carbocycles. The lowest BCUT2D eigenvalue weighted by atomic mass is 10.1. The van der Waals surface area contributed by atoms with Gasteiger partial charge in [-0.15, -0.1) is 0 Å². The van der Waals surface area contributed by atoms with Gasteiger partial charge in [0.1, 0.15) is 0 Å². The molecule has 1 heterocycles. The molecule has 0 spiro atoms. The van der Waals surface area contributed by atoms with Crippen molar-refractivity contribution in [2.45, 2.75) is 19.9 Å². The molecule has 2 rings (SSSR count). The quantitative estimate of drug-likeness (QED) is 0.769. The smallest absolute Gasteiger partial charge is 0.0602 e. The number of nitrogens with one attached hydrogen (secondary N) is 1. The van der Waals surface area contributed by atoms with Crippen LogP contribution in [-0.2, 0) is 6.54 Å². The Morgan fingerprint density at radius 2 is 2.21 bits per heavy atom. The summed E-state index contributed by atoms with van der Waals surface area (Å²) in [6.07, 6.45) is 1.22. The maximum atomic E-state index is 3.35. The number of nitrogens with zero attached hydrogens (tertiary/aromatic N) is 1. The van der Waals surface area contributed by atoms with Gasteiger partial charge in [-0.25, -0.2) is 0 Å². The number of benzene rings is 1. The molecule has 0 atom stereocenters. The normalized spacial score (nSPS) is 16.9. The molecule has 1 radical (unpaired) electrons. The van der Waals surface area contributed by atoms with Crippen molar-refractivity contribution >= 4 is 5.69 Å². The highest BCUT2D eigenvalue weighted by Crippen LogP contribution is 2.20. The van der Waals surface area contributed by atoms with Crippen LogP contribution in [0.25, 0.3) is 0 Å². The van der Waals surface area contributed by atoms with E-state index < -0.39 is 0 Å². The van der Waals surface area contributed by atoms with Gasteiger partial charge in [-0.3, -0.25) is 4.90 Å². The molecule has 2 nitrogen and oxygen atoms in total. The average Bonchev–Trinajstić information content (AvgIpc) is 2.40. The standard InChI is InChI=1S/C12H17N2/c1-2-8-14-9-7-13-12-6-4-3-5-11(12)10-14/h3-7,13H,2,8-10H2,1H3. The van der Waals surface area contributed by atoms with Gasteiger partial charge >= 0.3 is 0 Å². The minimum atomic E-state index is 1.03. The zero-order valence-corrected chi connectivity index (χ0v) is 8.66. The van der Waals surface area contributed by atoms with E-state index in [-0.39, 0.29) is 0 Å². The third-order valence-electron chi connectivity index (χ3n) is 2.56. The summed E-state index contributed by atoms with van der Waals surface area (Å²) in [7, 11) is 0. The van der Waals surface area contributed by atoms with Crippen LogP contribution in [0.1, 0.15) is 18.9 Å². The number of anilines is 1. The lowest BCUT2D eigenvalue weighted by molar-refractivity contribution is 0.291. The van der Waals surface area contributed by atoms with Crippen molar-refractivity contribution in [1.29, 1.82) is 0 Å². The third kappa shape index (κ3) is 2.07. The maximum Gasteiger partial charge on any atom is 0.0602 e. The van der Waals surface area contributed by atoms with Crippen LogP contribution in [-0.4, -0.2) is 18.0 Å². The molecule has 14 heavy (non-hydrogen) atoms. The molecular formula is C12H17N2. The number of hydrogen-bond donors (Lipinski definition) is 1. The Morgan fingerprint density at radius 3 is 3.07 bits per heavy atom. The molecule has 0 aliphatic carbocycles. The second-order valence-electron chi connectivity index (χ2n) is 3.74. The fraction of sp³-hybridized carbons (Fsp3) is 0.417. The third-order valence-corrected chi connectivity index (χ3v) is 2.56. The molecule has 0 saturated heterocycles. The van der Waals surface area contributed by atoms with Gasteiger partial charge in [0.05, 0.1) is 6.54 Å². The van der Waals surface area contributed by atoms with E-state index in [1.807, 2.05) is 0 Å². The first-order chi connectivity index (χ1) is 6.90. The Bertz CT molecular complexity index is 296. The largest absolute Gasteiger partial charge is 0.379 e. The lowest BCUT2D eigenvalue weighted by Crippen LogP contribution is -2.24. The highest BCUT2D eigenvalue weighted by Gasteiger charge is 2.11. The van der Waals surface area contributed by atoms with E-state index in [2.05, 4.69) is 48.0 Å². The molecule has 0 saturated carbocycles. The summed E-state index contributed by atoms with van der Waals surface area (Å²) in [4.78, 5) is 2.46. The van der Waals surface area contributed by atoms with Crippen molar-refractivity contribution in [3.8, 4) is 0 Å². The van der Waals surface area contributed by atoms with Gasteiger partial charge < -0.3 is 5.32 Å². The van der Waals surface area contributed by atoms with Crippen molar-refractivity contribution in [3.05, 3.63) is 36.4 Å². The molecule has 0 unspecified atom stereocenters. The number of para-hydroxylation sites is 1. The van der Waals surface area contributed by atoms with E-state index in [0.717, 1.165) is 13.1 Å². The molecule has 0 aromatic heterocycles. The highest BCUT2D eigenvalue weighted by molar-refractivity contribution is 5.52. The fourth-order valence-electron chi connectivity index (χ4n) is 1.88. The van der Waals surface area contributed by atoms with Crippen LogP contribution in [0.15, 0.2) is 24.3 Å². The van der Waals surface area contributed by atoms with Gasteiger partial charge in [0, 0.05) is 18.8 Å². The van der Waals surface area contributed by atoms with Crippen LogP contribution in [0.4, 0.5) is 5.69 Å². The van der Waals surface area contributed by atoms with E-state index in [9.17, 15) is 0 Å². The first kappa shape index (κ1) is 9.53. The Morgan fingerprint density at radius 1 is 1.36 bits per heavy atom. The average molecular weight is 189 g/mol. The van der Waals surface area contributed by atoms with E-state index in [4.69, 9.17) is 0 Å². The summed E-state index contributed by atoms with van der Waals surface area (Å²) in [6.45, 7) is 7.63. The first-order valence-corrected chi connectivity index (χ1v) is 5.28. The summed E-state index contributed by atoms with van der Waals surface area (Å²) in [6, 6.07) is 8.52. The lowest BCUT2D eigenvalue weighted by Gasteiger charge is -2.18. The Hall–Kier alpha value is -1.02. The van der Waals surface area contributed by atoms with Gasteiger partial charge in [-0.05, 0) is 24.6 Å². The van der Waals surface area contributed by atoms with Crippen molar-refractivity contribution in [2.75, 3.05) is 18.4 Å². The van der Waals surface area contributed by atoms with Crippen LogP contribution < -0.4 is 5.32 Å². The van der Waals surface area contributed by atoms with E-state index in [1.165, 1.54) is 24.2 Å². The second-order valence-corrected chi connectivity index (χ2v) is 3.74. The van der Waals surface area contributed by atoms with Crippen LogP contribution in [0.3, 0.4) is 0 Å². The highest BCUT2D eigenvalue weighted by atomic mass is 15.1. The Labute approximate surface area is 85.9 Å². The van der Waals surface area contributed by atoms with Gasteiger partial charge in [0.15, 0.2) is 0 Å². The van der Waals surface area contributed by atoms with Gasteiger partial charge in [0.25, 0.3) is 0 Å². The molecule has 1 N–H and O–H groups in total. The zero-order chi connectivity index (χ0) is 9.80. The Kier molecular flexibility index (Phi) is 3.04. The van der Waals surface area contributed by atoms with Crippen molar-refractivity contribution in [2.24, 2.45) is 0 Å². The minimum Gasteiger partial charge on any atom is -0.379 e. The zero-order valence-electron chi connectivity index (χ0n) is 8.66. The number of rotatable bonds is 2. The van der Waals surface area contributed by atoms with Crippen molar-refractivity contribution in [1.82, 2.24) is 4.90 Å². The molecular weight excluding hydrogens is 172 g/mol. The number of fused-ring (bicyclic) bond motifs is 1. The topological polar surface area (TPSA) is 15.3 Å². The summed E-state index contributed by atoms with van der Waals surface area (Å²) in [5, 5.41) is 3.35. The molecule has 0 amide bonds. The summed E-state index contributed by atoms with van der Waals surface area (Å²) >= 11 is 0. The van der Waals surface area contributed by atoms with Gasteiger partial charge in [0.2, 0.25) is 0 Å². The van der Waals surface area contributed by atoms with Crippen LogP contribution in [0.5, 0.6) is 0 Å².